The molecule has 98 valence electrons. The molecule has 17 heavy (non-hydrogen) atoms. The molecule has 0 radical (unpaired) electrons. The van der Waals surface area contributed by atoms with Crippen LogP contribution in [0.15, 0.2) is 0 Å². The number of carbonyl (C=O) groups is 2. The van der Waals surface area contributed by atoms with Crippen molar-refractivity contribution in [3.05, 3.63) is 0 Å². The zero-order valence-electron chi connectivity index (χ0n) is 10.9. The van der Waals surface area contributed by atoms with Crippen molar-refractivity contribution in [2.24, 2.45) is 5.41 Å². The molecule has 1 aliphatic heterocycles. The number of rotatable bonds is 3. The van der Waals surface area contributed by atoms with Gasteiger partial charge >= 0.3 is 5.97 Å². The highest BCUT2D eigenvalue weighted by Gasteiger charge is 2.36. The number of carboxylic acid groups (broad SMARTS) is 1. The van der Waals surface area contributed by atoms with Crippen molar-refractivity contribution in [3.8, 4) is 0 Å². The smallest absolute Gasteiger partial charge is 0.332 e. The van der Waals surface area contributed by atoms with E-state index in [0.717, 1.165) is 0 Å². The first-order chi connectivity index (χ1) is 7.70. The molecular formula is C12H21NO4. The molecule has 0 saturated carbocycles. The Bertz CT molecular complexity index is 308. The molecule has 1 amide bonds. The van der Waals surface area contributed by atoms with Gasteiger partial charge in [-0.3, -0.25) is 4.79 Å². The molecule has 1 aliphatic rings. The average Bonchev–Trinajstić information content (AvgIpc) is 2.62. The van der Waals surface area contributed by atoms with Crippen molar-refractivity contribution >= 4 is 11.9 Å². The van der Waals surface area contributed by atoms with Gasteiger partial charge in [-0.05, 0) is 18.3 Å². The summed E-state index contributed by atoms with van der Waals surface area (Å²) in [5.41, 5.74) is 0.0230. The van der Waals surface area contributed by atoms with E-state index in [-0.39, 0.29) is 11.3 Å². The van der Waals surface area contributed by atoms with E-state index >= 15 is 0 Å². The van der Waals surface area contributed by atoms with Crippen LogP contribution in [0.4, 0.5) is 0 Å². The molecule has 2 unspecified atom stereocenters. The van der Waals surface area contributed by atoms with E-state index in [4.69, 9.17) is 9.84 Å². The quantitative estimate of drug-likeness (QED) is 0.806. The maximum atomic E-state index is 12.0. The monoisotopic (exact) mass is 243 g/mol. The van der Waals surface area contributed by atoms with Crippen LogP contribution in [0.1, 0.15) is 33.6 Å². The molecule has 0 aliphatic carbocycles. The molecule has 1 saturated heterocycles. The number of nitrogens with zero attached hydrogens (tertiary/aromatic N) is 1. The minimum absolute atomic E-state index is 0.0230. The van der Waals surface area contributed by atoms with Gasteiger partial charge in [0.1, 0.15) is 6.10 Å². The Balaban J connectivity index is 2.52. The van der Waals surface area contributed by atoms with Gasteiger partial charge in [0.05, 0.1) is 0 Å². The summed E-state index contributed by atoms with van der Waals surface area (Å²) in [5.74, 6) is -1.11. The van der Waals surface area contributed by atoms with Crippen LogP contribution in [0.25, 0.3) is 0 Å². The van der Waals surface area contributed by atoms with Gasteiger partial charge in [0, 0.05) is 13.6 Å². The second kappa shape index (κ2) is 5.04. The highest BCUT2D eigenvalue weighted by molar-refractivity contribution is 5.82. The van der Waals surface area contributed by atoms with Crippen molar-refractivity contribution in [2.75, 3.05) is 13.6 Å². The van der Waals surface area contributed by atoms with Crippen molar-refractivity contribution in [1.29, 1.82) is 0 Å². The number of ether oxygens (including phenoxy) is 1. The number of likely N-dealkylation sites (N-methyl/N-ethyl adjacent to an activating group) is 1. The van der Waals surface area contributed by atoms with Crippen molar-refractivity contribution < 1.29 is 19.4 Å². The first kappa shape index (κ1) is 14.0. The first-order valence-corrected chi connectivity index (χ1v) is 5.84. The van der Waals surface area contributed by atoms with Crippen LogP contribution < -0.4 is 0 Å². The Kier molecular flexibility index (Phi) is 4.14. The van der Waals surface area contributed by atoms with E-state index < -0.39 is 18.2 Å². The van der Waals surface area contributed by atoms with Crippen LogP contribution in [0.3, 0.4) is 0 Å². The third kappa shape index (κ3) is 4.00. The predicted molar refractivity (Wildman–Crippen MR) is 62.6 cm³/mol. The molecule has 0 bridgehead atoms. The Labute approximate surface area is 102 Å². The molecule has 0 aromatic heterocycles. The minimum Gasteiger partial charge on any atom is -0.479 e. The second-order valence-corrected chi connectivity index (χ2v) is 5.78. The number of amides is 1. The van der Waals surface area contributed by atoms with Gasteiger partial charge in [0.25, 0.3) is 5.91 Å². The third-order valence-electron chi connectivity index (χ3n) is 2.66. The van der Waals surface area contributed by atoms with Crippen LogP contribution in [-0.4, -0.2) is 47.7 Å². The van der Waals surface area contributed by atoms with Crippen LogP contribution in [0.2, 0.25) is 0 Å². The van der Waals surface area contributed by atoms with E-state index in [1.807, 2.05) is 20.8 Å². The first-order valence-electron chi connectivity index (χ1n) is 5.84. The van der Waals surface area contributed by atoms with Crippen LogP contribution in [-0.2, 0) is 14.3 Å². The number of carboxylic acids is 1. The highest BCUT2D eigenvalue weighted by atomic mass is 16.5. The predicted octanol–water partition coefficient (Wildman–Crippen LogP) is 1.12. The topological polar surface area (TPSA) is 66.8 Å². The summed E-state index contributed by atoms with van der Waals surface area (Å²) in [4.78, 5) is 24.3. The van der Waals surface area contributed by atoms with Gasteiger partial charge in [-0.25, -0.2) is 4.79 Å². The zero-order valence-corrected chi connectivity index (χ0v) is 10.9. The van der Waals surface area contributed by atoms with Crippen LogP contribution >= 0.6 is 0 Å². The van der Waals surface area contributed by atoms with Crippen LogP contribution in [0.5, 0.6) is 0 Å². The molecule has 1 N–H and O–H groups in total. The molecule has 1 heterocycles. The lowest BCUT2D eigenvalue weighted by atomic mass is 9.96. The molecule has 1 rings (SSSR count). The maximum Gasteiger partial charge on any atom is 0.332 e. The SMILES string of the molecule is CN(CC(C)(C)C)C(=O)C1CCC(C(=O)O)O1. The molecule has 0 aromatic carbocycles. The zero-order chi connectivity index (χ0) is 13.2. The molecule has 1 fully saturated rings. The summed E-state index contributed by atoms with van der Waals surface area (Å²) in [6.07, 6.45) is -0.519. The van der Waals surface area contributed by atoms with E-state index in [2.05, 4.69) is 0 Å². The largest absolute Gasteiger partial charge is 0.479 e. The standard InChI is InChI=1S/C12H21NO4/c1-12(2,3)7-13(4)10(14)8-5-6-9(17-8)11(15)16/h8-9H,5-7H2,1-4H3,(H,15,16). The Morgan fingerprint density at radius 1 is 1.29 bits per heavy atom. The van der Waals surface area contributed by atoms with Gasteiger partial charge in [0.15, 0.2) is 6.10 Å². The fraction of sp³-hybridized carbons (Fsp3) is 0.833. The fourth-order valence-corrected chi connectivity index (χ4v) is 2.04. The number of carbonyl (C=O) groups excluding carboxylic acids is 1. The van der Waals surface area contributed by atoms with Crippen molar-refractivity contribution in [2.45, 2.75) is 45.8 Å². The van der Waals surface area contributed by atoms with Gasteiger partial charge in [-0.1, -0.05) is 20.8 Å². The summed E-state index contributed by atoms with van der Waals surface area (Å²) >= 11 is 0. The molecule has 0 spiro atoms. The lowest BCUT2D eigenvalue weighted by Gasteiger charge is -2.28. The summed E-state index contributed by atoms with van der Waals surface area (Å²) in [6.45, 7) is 6.77. The number of aliphatic carboxylic acids is 1. The molecular weight excluding hydrogens is 222 g/mol. The number of hydrogen-bond acceptors (Lipinski definition) is 3. The highest BCUT2D eigenvalue weighted by Crippen LogP contribution is 2.23. The van der Waals surface area contributed by atoms with E-state index in [1.165, 1.54) is 0 Å². The van der Waals surface area contributed by atoms with Gasteiger partial charge < -0.3 is 14.7 Å². The van der Waals surface area contributed by atoms with Crippen molar-refractivity contribution in [1.82, 2.24) is 4.90 Å². The second-order valence-electron chi connectivity index (χ2n) is 5.78. The lowest BCUT2D eigenvalue weighted by Crippen LogP contribution is -2.41. The lowest BCUT2D eigenvalue weighted by molar-refractivity contribution is -0.154. The molecule has 5 nitrogen and oxygen atoms in total. The Morgan fingerprint density at radius 3 is 2.24 bits per heavy atom. The Morgan fingerprint density at radius 2 is 1.82 bits per heavy atom. The van der Waals surface area contributed by atoms with Gasteiger partial charge in [0.2, 0.25) is 0 Å². The molecule has 0 aromatic rings. The van der Waals surface area contributed by atoms with Gasteiger partial charge in [-0.15, -0.1) is 0 Å². The average molecular weight is 243 g/mol. The third-order valence-corrected chi connectivity index (χ3v) is 2.66. The fourth-order valence-electron chi connectivity index (χ4n) is 2.04. The summed E-state index contributed by atoms with van der Waals surface area (Å²) < 4.78 is 5.23. The molecule has 2 atom stereocenters. The Hall–Kier alpha value is -1.10. The maximum absolute atomic E-state index is 12.0. The summed E-state index contributed by atoms with van der Waals surface area (Å²) in [6, 6.07) is 0. The van der Waals surface area contributed by atoms with E-state index in [0.29, 0.717) is 19.4 Å². The van der Waals surface area contributed by atoms with Crippen LogP contribution in [0, 0.1) is 5.41 Å². The molecule has 5 heteroatoms. The normalized spacial score (nSPS) is 24.7. The summed E-state index contributed by atoms with van der Waals surface area (Å²) in [5, 5.41) is 8.79. The van der Waals surface area contributed by atoms with E-state index in [1.54, 1.807) is 11.9 Å². The number of hydrogen-bond donors (Lipinski definition) is 1. The minimum atomic E-state index is -0.987. The summed E-state index contributed by atoms with van der Waals surface area (Å²) in [7, 11) is 1.73. The van der Waals surface area contributed by atoms with E-state index in [9.17, 15) is 9.59 Å². The van der Waals surface area contributed by atoms with Gasteiger partial charge in [-0.2, -0.15) is 0 Å². The van der Waals surface area contributed by atoms with Crippen molar-refractivity contribution in [3.63, 3.8) is 0 Å².